The highest BCUT2D eigenvalue weighted by atomic mass is 31.2. The van der Waals surface area contributed by atoms with E-state index in [0.717, 1.165) is 57.8 Å². The number of phosphoric ester groups is 1. The summed E-state index contributed by atoms with van der Waals surface area (Å²) in [4.78, 5) is 23.2. The lowest BCUT2D eigenvalue weighted by molar-refractivity contribution is -0.870. The number of phosphoric acid groups is 1. The van der Waals surface area contributed by atoms with Crippen LogP contribution in [0.2, 0.25) is 0 Å². The number of amides is 1. The van der Waals surface area contributed by atoms with Crippen molar-refractivity contribution in [2.75, 3.05) is 40.9 Å². The third-order valence-corrected chi connectivity index (χ3v) is 13.5. The van der Waals surface area contributed by atoms with E-state index < -0.39 is 20.0 Å². The molecule has 3 atom stereocenters. The van der Waals surface area contributed by atoms with Crippen molar-refractivity contribution >= 4 is 13.7 Å². The van der Waals surface area contributed by atoms with Gasteiger partial charge >= 0.3 is 7.82 Å². The molecule has 1 amide bonds. The average molecular weight is 950 g/mol. The first-order valence-electron chi connectivity index (χ1n) is 28.0. The lowest BCUT2D eigenvalue weighted by Gasteiger charge is -2.25. The van der Waals surface area contributed by atoms with E-state index in [1.165, 1.54) is 180 Å². The normalized spacial score (nSPS) is 14.3. The van der Waals surface area contributed by atoms with Crippen LogP contribution in [0, 0.1) is 0 Å². The van der Waals surface area contributed by atoms with Crippen LogP contribution in [0.15, 0.2) is 48.6 Å². The molecule has 388 valence electrons. The molecule has 0 saturated heterocycles. The zero-order valence-electron chi connectivity index (χ0n) is 44.2. The number of allylic oxidation sites excluding steroid dienone is 7. The predicted octanol–water partition coefficient (Wildman–Crippen LogP) is 16.8. The van der Waals surface area contributed by atoms with E-state index >= 15 is 0 Å². The molecule has 0 radical (unpaired) electrons. The lowest BCUT2D eigenvalue weighted by atomic mass is 10.0. The number of carbonyl (C=O) groups is 1. The number of quaternary nitrogens is 1. The minimum Gasteiger partial charge on any atom is -0.387 e. The van der Waals surface area contributed by atoms with Crippen LogP contribution in [0.3, 0.4) is 0 Å². The third kappa shape index (κ3) is 50.3. The van der Waals surface area contributed by atoms with Gasteiger partial charge in [-0.05, 0) is 70.6 Å². The molecule has 9 heteroatoms. The molecule has 0 aromatic rings. The van der Waals surface area contributed by atoms with Crippen LogP contribution in [-0.2, 0) is 18.4 Å². The van der Waals surface area contributed by atoms with Gasteiger partial charge in [0.25, 0.3) is 0 Å². The first kappa shape index (κ1) is 64.5. The van der Waals surface area contributed by atoms with Crippen LogP contribution in [-0.4, -0.2) is 73.4 Å². The molecule has 0 saturated carbocycles. The van der Waals surface area contributed by atoms with Gasteiger partial charge in [-0.2, -0.15) is 0 Å². The first-order valence-corrected chi connectivity index (χ1v) is 29.5. The van der Waals surface area contributed by atoms with Crippen LogP contribution < -0.4 is 5.32 Å². The summed E-state index contributed by atoms with van der Waals surface area (Å²) in [6, 6.07) is -0.874. The quantitative estimate of drug-likeness (QED) is 0.0243. The Hall–Kier alpha value is -1.54. The Balaban J connectivity index is 4.15. The molecule has 0 fully saturated rings. The molecule has 0 bridgehead atoms. The van der Waals surface area contributed by atoms with Gasteiger partial charge in [-0.1, -0.05) is 229 Å². The molecule has 0 rings (SSSR count). The molecule has 8 nitrogen and oxygen atoms in total. The van der Waals surface area contributed by atoms with E-state index in [1.807, 2.05) is 27.2 Å². The SMILES string of the molecule is CCCCC/C=C\CCCCCCCC(=O)NC(COP(=O)(O)OCC[N+](C)(C)C)C(O)/C=C/CC/C=C/CC/C=C/CCCCCCCCCCCCCCCCCCCCCCCC. The van der Waals surface area contributed by atoms with E-state index in [0.29, 0.717) is 17.4 Å². The third-order valence-electron chi connectivity index (χ3n) is 12.5. The number of likely N-dealkylation sites (N-methyl/N-ethyl adjacent to an activating group) is 1. The second kappa shape index (κ2) is 48.5. The number of aliphatic hydroxyl groups excluding tert-OH is 1. The number of hydrogen-bond donors (Lipinski definition) is 3. The molecule has 0 aliphatic rings. The van der Waals surface area contributed by atoms with Crippen molar-refractivity contribution in [3.63, 3.8) is 0 Å². The van der Waals surface area contributed by atoms with Crippen molar-refractivity contribution in [1.82, 2.24) is 5.32 Å². The molecular weight excluding hydrogens is 840 g/mol. The zero-order valence-corrected chi connectivity index (χ0v) is 45.1. The Morgan fingerprint density at radius 3 is 1.24 bits per heavy atom. The fourth-order valence-electron chi connectivity index (χ4n) is 8.07. The molecule has 0 aliphatic carbocycles. The fraction of sp³-hybridized carbons (Fsp3) is 0.842. The van der Waals surface area contributed by atoms with Gasteiger partial charge in [0.15, 0.2) is 0 Å². The Labute approximate surface area is 409 Å². The fourth-order valence-corrected chi connectivity index (χ4v) is 8.81. The number of hydrogen-bond acceptors (Lipinski definition) is 5. The van der Waals surface area contributed by atoms with E-state index in [1.54, 1.807) is 6.08 Å². The van der Waals surface area contributed by atoms with Crippen molar-refractivity contribution < 1.29 is 32.9 Å². The summed E-state index contributed by atoms with van der Waals surface area (Å²) >= 11 is 0. The summed E-state index contributed by atoms with van der Waals surface area (Å²) < 4.78 is 23.6. The number of aliphatic hydroxyl groups is 1. The summed E-state index contributed by atoms with van der Waals surface area (Å²) in [6.07, 6.45) is 63.8. The number of rotatable bonds is 51. The summed E-state index contributed by atoms with van der Waals surface area (Å²) in [5.74, 6) is -0.201. The number of carbonyl (C=O) groups excluding carboxylic acids is 1. The maximum absolute atomic E-state index is 12.9. The van der Waals surface area contributed by atoms with Gasteiger partial charge < -0.3 is 19.8 Å². The first-order chi connectivity index (χ1) is 32.0. The smallest absolute Gasteiger partial charge is 0.387 e. The predicted molar refractivity (Wildman–Crippen MR) is 286 cm³/mol. The van der Waals surface area contributed by atoms with Gasteiger partial charge in [0.2, 0.25) is 5.91 Å². The molecule has 0 aromatic carbocycles. The Morgan fingerprint density at radius 2 is 0.833 bits per heavy atom. The van der Waals surface area contributed by atoms with Gasteiger partial charge in [-0.15, -0.1) is 0 Å². The molecule has 0 heterocycles. The van der Waals surface area contributed by atoms with E-state index in [9.17, 15) is 19.4 Å². The van der Waals surface area contributed by atoms with Gasteiger partial charge in [0.1, 0.15) is 13.2 Å². The highest BCUT2D eigenvalue weighted by molar-refractivity contribution is 7.47. The van der Waals surface area contributed by atoms with Crippen LogP contribution in [0.1, 0.15) is 258 Å². The van der Waals surface area contributed by atoms with Crippen molar-refractivity contribution in [2.45, 2.75) is 270 Å². The van der Waals surface area contributed by atoms with Crippen molar-refractivity contribution in [3.05, 3.63) is 48.6 Å². The van der Waals surface area contributed by atoms with E-state index in [2.05, 4.69) is 55.6 Å². The maximum Gasteiger partial charge on any atom is 0.472 e. The van der Waals surface area contributed by atoms with Gasteiger partial charge in [0.05, 0.1) is 39.9 Å². The summed E-state index contributed by atoms with van der Waals surface area (Å²) in [7, 11) is 1.54. The summed E-state index contributed by atoms with van der Waals surface area (Å²) in [5, 5.41) is 13.8. The summed E-state index contributed by atoms with van der Waals surface area (Å²) in [6.45, 7) is 4.76. The van der Waals surface area contributed by atoms with Crippen LogP contribution in [0.4, 0.5) is 0 Å². The van der Waals surface area contributed by atoms with Crippen LogP contribution >= 0.6 is 7.82 Å². The van der Waals surface area contributed by atoms with Gasteiger partial charge in [-0.3, -0.25) is 13.8 Å². The average Bonchev–Trinajstić information content (AvgIpc) is 3.28. The van der Waals surface area contributed by atoms with Crippen LogP contribution in [0.25, 0.3) is 0 Å². The number of unbranched alkanes of at least 4 members (excludes halogenated alkanes) is 32. The second-order valence-electron chi connectivity index (χ2n) is 20.3. The monoisotopic (exact) mass is 950 g/mol. The largest absolute Gasteiger partial charge is 0.472 e. The molecule has 66 heavy (non-hydrogen) atoms. The standard InChI is InChI=1S/C57H109N2O6P/c1-6-8-10-12-14-16-18-20-21-22-23-24-25-26-27-28-29-30-31-32-33-34-35-36-37-38-39-40-42-44-46-48-50-56(60)55(54-65-66(62,63)64-53-52-59(3,4)5)58-57(61)51-49-47-45-43-41-19-17-15-13-11-9-7-2/h15,17,36-37,40,42,48,50,55-56,60H,6-14,16,18-35,38-39,41,43-47,49,51-54H2,1-5H3,(H-,58,61,62,63)/p+1/b17-15-,37-36+,42-40+,50-48+. The van der Waals surface area contributed by atoms with Crippen molar-refractivity contribution in [2.24, 2.45) is 0 Å². The molecule has 3 N–H and O–H groups in total. The molecule has 0 aromatic heterocycles. The molecule has 3 unspecified atom stereocenters. The van der Waals surface area contributed by atoms with E-state index in [-0.39, 0.29) is 19.1 Å². The summed E-state index contributed by atoms with van der Waals surface area (Å²) in [5.41, 5.74) is 0. The highest BCUT2D eigenvalue weighted by Gasteiger charge is 2.27. The van der Waals surface area contributed by atoms with Crippen molar-refractivity contribution in [3.8, 4) is 0 Å². The van der Waals surface area contributed by atoms with Crippen molar-refractivity contribution in [1.29, 1.82) is 0 Å². The van der Waals surface area contributed by atoms with E-state index in [4.69, 9.17) is 9.05 Å². The van der Waals surface area contributed by atoms with Gasteiger partial charge in [-0.25, -0.2) is 4.57 Å². The topological polar surface area (TPSA) is 105 Å². The number of nitrogens with one attached hydrogen (secondary N) is 1. The molecule has 0 aliphatic heterocycles. The Morgan fingerprint density at radius 1 is 0.500 bits per heavy atom. The molecular formula is C57H110N2O6P+. The highest BCUT2D eigenvalue weighted by Crippen LogP contribution is 2.43. The second-order valence-corrected chi connectivity index (χ2v) is 21.7. The van der Waals surface area contributed by atoms with Gasteiger partial charge in [0, 0.05) is 6.42 Å². The Kier molecular flexibility index (Phi) is 47.4. The molecule has 0 spiro atoms. The minimum atomic E-state index is -4.36. The zero-order chi connectivity index (χ0) is 48.5. The lowest BCUT2D eigenvalue weighted by Crippen LogP contribution is -2.45. The maximum atomic E-state index is 12.9. The minimum absolute atomic E-state index is 0.0511. The Bertz CT molecular complexity index is 1210. The van der Waals surface area contributed by atoms with Crippen LogP contribution in [0.5, 0.6) is 0 Å². The number of nitrogens with zero attached hydrogens (tertiary/aromatic N) is 1.